The summed E-state index contributed by atoms with van der Waals surface area (Å²) in [5, 5.41) is 29.2. The Labute approximate surface area is 217 Å². The minimum absolute atomic E-state index is 0.670. The molecular formula is C36H16N2. The second-order valence-electron chi connectivity index (χ2n) is 10.3. The first-order chi connectivity index (χ1) is 18.7. The maximum absolute atomic E-state index is 9.52. The summed E-state index contributed by atoms with van der Waals surface area (Å²) in [5.74, 6) is 0. The molecule has 0 unspecified atom stereocenters. The first kappa shape index (κ1) is 19.7. The Bertz CT molecular complexity index is 2570. The summed E-state index contributed by atoms with van der Waals surface area (Å²) in [7, 11) is 0. The fourth-order valence-corrected chi connectivity index (χ4v) is 6.91. The molecule has 0 saturated heterocycles. The van der Waals surface area contributed by atoms with Crippen molar-refractivity contribution in [3.63, 3.8) is 0 Å². The number of rotatable bonds is 0. The van der Waals surface area contributed by atoms with Crippen LogP contribution in [0.3, 0.4) is 0 Å². The predicted molar refractivity (Wildman–Crippen MR) is 160 cm³/mol. The summed E-state index contributed by atoms with van der Waals surface area (Å²) in [5.41, 5.74) is 1.36. The van der Waals surface area contributed by atoms with Gasteiger partial charge in [-0.15, -0.1) is 0 Å². The zero-order chi connectivity index (χ0) is 25.1. The van der Waals surface area contributed by atoms with Crippen molar-refractivity contribution in [3.8, 4) is 6.07 Å². The van der Waals surface area contributed by atoms with Gasteiger partial charge in [0.15, 0.2) is 5.69 Å². The van der Waals surface area contributed by atoms with Gasteiger partial charge >= 0.3 is 0 Å². The van der Waals surface area contributed by atoms with Gasteiger partial charge in [-0.05, 0) is 129 Å². The Kier molecular flexibility index (Phi) is 3.45. The van der Waals surface area contributed by atoms with Crippen molar-refractivity contribution in [1.82, 2.24) is 0 Å². The number of fused-ring (bicyclic) bond motifs is 10. The third kappa shape index (κ3) is 2.27. The van der Waals surface area contributed by atoms with Crippen LogP contribution in [0.5, 0.6) is 0 Å². The van der Waals surface area contributed by atoms with Crippen molar-refractivity contribution in [3.05, 3.63) is 114 Å². The highest BCUT2D eigenvalue weighted by Crippen LogP contribution is 2.47. The highest BCUT2D eigenvalue weighted by Gasteiger charge is 2.19. The second kappa shape index (κ2) is 6.65. The summed E-state index contributed by atoms with van der Waals surface area (Å²) >= 11 is 0. The minimum Gasteiger partial charge on any atom is -0.238 e. The number of nitrogens with zero attached hydrogens (tertiary/aromatic N) is 2. The van der Waals surface area contributed by atoms with E-state index in [1.807, 2.05) is 24.3 Å². The van der Waals surface area contributed by atoms with Crippen LogP contribution in [-0.4, -0.2) is 0 Å². The molecule has 9 rings (SSSR count). The van der Waals surface area contributed by atoms with E-state index in [0.29, 0.717) is 11.3 Å². The molecule has 0 fully saturated rings. The molecule has 0 amide bonds. The summed E-state index contributed by atoms with van der Waals surface area (Å²) in [6, 6.07) is 36.8. The van der Waals surface area contributed by atoms with Gasteiger partial charge < -0.3 is 0 Å². The molecule has 0 bridgehead atoms. The maximum Gasteiger partial charge on any atom is 0.187 e. The van der Waals surface area contributed by atoms with Crippen LogP contribution in [0.4, 0.5) is 5.69 Å². The number of nitriles is 1. The zero-order valence-electron chi connectivity index (χ0n) is 20.1. The molecule has 0 heterocycles. The molecule has 0 spiro atoms. The average molecular weight is 477 g/mol. The first-order valence-electron chi connectivity index (χ1n) is 12.7. The molecule has 9 aromatic rings. The third-order valence-corrected chi connectivity index (χ3v) is 8.51. The molecule has 0 saturated carbocycles. The third-order valence-electron chi connectivity index (χ3n) is 8.51. The molecule has 0 N–H and O–H groups in total. The van der Waals surface area contributed by atoms with E-state index in [0.717, 1.165) is 16.2 Å². The zero-order valence-corrected chi connectivity index (χ0v) is 20.1. The van der Waals surface area contributed by atoms with E-state index in [9.17, 15) is 5.26 Å². The van der Waals surface area contributed by atoms with E-state index < -0.39 is 0 Å². The average Bonchev–Trinajstić information content (AvgIpc) is 3.45. The first-order valence-corrected chi connectivity index (χ1v) is 12.7. The van der Waals surface area contributed by atoms with Crippen LogP contribution >= 0.6 is 0 Å². The SMILES string of the molecule is [C-]#[N+]c1ccc2cc3c(cc2c1)c1cccc2c4cc5c6ccc(C#N)cc6c6cccc(c4cc3c12)c65. The Balaban J connectivity index is 1.53. The molecule has 0 aliphatic rings. The fraction of sp³-hybridized carbons (Fsp3) is 0. The van der Waals surface area contributed by atoms with Gasteiger partial charge in [0.2, 0.25) is 0 Å². The van der Waals surface area contributed by atoms with Crippen molar-refractivity contribution in [2.45, 2.75) is 0 Å². The van der Waals surface area contributed by atoms with Crippen LogP contribution in [-0.2, 0) is 0 Å². The van der Waals surface area contributed by atoms with Crippen molar-refractivity contribution in [2.24, 2.45) is 0 Å². The lowest BCUT2D eigenvalue weighted by Crippen LogP contribution is -1.82. The Morgan fingerprint density at radius 2 is 1.03 bits per heavy atom. The largest absolute Gasteiger partial charge is 0.238 e. The number of hydrogen-bond donors (Lipinski definition) is 0. The summed E-state index contributed by atoms with van der Waals surface area (Å²) in [4.78, 5) is 3.64. The Hall–Kier alpha value is -5.44. The monoisotopic (exact) mass is 476 g/mol. The van der Waals surface area contributed by atoms with Crippen molar-refractivity contribution in [2.75, 3.05) is 0 Å². The van der Waals surface area contributed by atoms with Crippen molar-refractivity contribution < 1.29 is 0 Å². The predicted octanol–water partition coefficient (Wildman–Crippen LogP) is 10.2. The van der Waals surface area contributed by atoms with Crippen LogP contribution in [0.1, 0.15) is 5.56 Å². The van der Waals surface area contributed by atoms with E-state index in [4.69, 9.17) is 6.57 Å². The molecule has 38 heavy (non-hydrogen) atoms. The number of hydrogen-bond acceptors (Lipinski definition) is 1. The van der Waals surface area contributed by atoms with Crippen LogP contribution in [0.2, 0.25) is 0 Å². The molecular weight excluding hydrogens is 460 g/mol. The molecule has 0 atom stereocenters. The van der Waals surface area contributed by atoms with Crippen molar-refractivity contribution >= 4 is 91.9 Å². The van der Waals surface area contributed by atoms with E-state index in [1.165, 1.54) is 70.0 Å². The Morgan fingerprint density at radius 1 is 0.474 bits per heavy atom. The highest BCUT2D eigenvalue weighted by molar-refractivity contribution is 6.41. The second-order valence-corrected chi connectivity index (χ2v) is 10.3. The topological polar surface area (TPSA) is 28.1 Å². The fourth-order valence-electron chi connectivity index (χ4n) is 6.91. The minimum atomic E-state index is 0.670. The molecule has 170 valence electrons. The van der Waals surface area contributed by atoms with Gasteiger partial charge in [0.05, 0.1) is 18.2 Å². The molecule has 2 heteroatoms. The highest BCUT2D eigenvalue weighted by atomic mass is 14.6. The van der Waals surface area contributed by atoms with Gasteiger partial charge in [0.25, 0.3) is 0 Å². The van der Waals surface area contributed by atoms with Gasteiger partial charge in [0, 0.05) is 0 Å². The normalized spacial score (nSPS) is 12.2. The van der Waals surface area contributed by atoms with Crippen LogP contribution in [0.25, 0.3) is 91.0 Å². The van der Waals surface area contributed by atoms with Gasteiger partial charge in [-0.2, -0.15) is 5.26 Å². The lowest BCUT2D eigenvalue weighted by Gasteiger charge is -2.10. The maximum atomic E-state index is 9.52. The molecule has 0 radical (unpaired) electrons. The van der Waals surface area contributed by atoms with E-state index in [1.54, 1.807) is 0 Å². The van der Waals surface area contributed by atoms with Crippen LogP contribution in [0, 0.1) is 17.9 Å². The van der Waals surface area contributed by atoms with E-state index >= 15 is 0 Å². The molecule has 2 nitrogen and oxygen atoms in total. The lowest BCUT2D eigenvalue weighted by molar-refractivity contribution is 1.50. The summed E-state index contributed by atoms with van der Waals surface area (Å²) in [6.07, 6.45) is 0. The van der Waals surface area contributed by atoms with Crippen LogP contribution < -0.4 is 0 Å². The lowest BCUT2D eigenvalue weighted by atomic mass is 9.93. The molecule has 0 aliphatic heterocycles. The quantitative estimate of drug-likeness (QED) is 0.158. The van der Waals surface area contributed by atoms with E-state index in [-0.39, 0.29) is 0 Å². The standard InChI is InChI=1S/C36H16N2/c1-38-22-10-9-20-14-30-29(15-21(20)13-22)25-5-3-7-27-31-16-33-23-11-8-19(18-37)12-28(23)24-4-2-6-26(35(24)33)32(31)17-34(30)36(25)27/h2-17H. The Morgan fingerprint density at radius 3 is 1.66 bits per heavy atom. The summed E-state index contributed by atoms with van der Waals surface area (Å²) in [6.45, 7) is 7.43. The van der Waals surface area contributed by atoms with Gasteiger partial charge in [-0.25, -0.2) is 4.85 Å². The molecule has 0 aliphatic carbocycles. The van der Waals surface area contributed by atoms with Gasteiger partial charge in [-0.3, -0.25) is 0 Å². The van der Waals surface area contributed by atoms with Crippen molar-refractivity contribution in [1.29, 1.82) is 5.26 Å². The van der Waals surface area contributed by atoms with E-state index in [2.05, 4.69) is 83.7 Å². The van der Waals surface area contributed by atoms with Gasteiger partial charge in [-0.1, -0.05) is 54.6 Å². The molecule has 0 aromatic heterocycles. The number of benzene rings is 7. The smallest absolute Gasteiger partial charge is 0.187 e. The van der Waals surface area contributed by atoms with Crippen LogP contribution in [0.15, 0.2) is 97.1 Å². The molecule has 9 aromatic carbocycles. The summed E-state index contributed by atoms with van der Waals surface area (Å²) < 4.78 is 0. The van der Waals surface area contributed by atoms with Gasteiger partial charge in [0.1, 0.15) is 0 Å².